The molecule has 2 aromatic carbocycles. The number of rotatable bonds is 6. The van der Waals surface area contributed by atoms with Crippen LogP contribution < -0.4 is 5.32 Å². The highest BCUT2D eigenvalue weighted by molar-refractivity contribution is 5.76. The average molecular weight is 430 g/mol. The summed E-state index contributed by atoms with van der Waals surface area (Å²) in [6, 6.07) is 15.0. The summed E-state index contributed by atoms with van der Waals surface area (Å²) >= 11 is 0. The van der Waals surface area contributed by atoms with Crippen LogP contribution in [0.1, 0.15) is 17.2 Å². The predicted molar refractivity (Wildman–Crippen MR) is 102 cm³/mol. The van der Waals surface area contributed by atoms with Crippen molar-refractivity contribution in [2.75, 3.05) is 11.9 Å². The number of nitriles is 1. The van der Waals surface area contributed by atoms with E-state index in [2.05, 4.69) is 20.0 Å². The van der Waals surface area contributed by atoms with Crippen molar-refractivity contribution in [3.05, 3.63) is 77.9 Å². The lowest BCUT2D eigenvalue weighted by molar-refractivity contribution is -0.204. The minimum atomic E-state index is -5.13. The molecule has 0 unspecified atom stereocenters. The summed E-state index contributed by atoms with van der Waals surface area (Å²) in [5.74, 6) is -2.74. The molecule has 0 amide bonds. The van der Waals surface area contributed by atoms with E-state index in [4.69, 9.17) is 5.26 Å². The van der Waals surface area contributed by atoms with E-state index in [9.17, 15) is 22.4 Å². The van der Waals surface area contributed by atoms with Gasteiger partial charge in [-0.2, -0.15) is 18.4 Å². The molecule has 0 aliphatic heterocycles. The van der Waals surface area contributed by atoms with Crippen molar-refractivity contribution in [3.8, 4) is 17.3 Å². The van der Waals surface area contributed by atoms with Crippen molar-refractivity contribution in [3.63, 3.8) is 0 Å². The number of carbonyl (C=O) groups excluding carboxylic acids is 1. The first-order valence-corrected chi connectivity index (χ1v) is 8.86. The summed E-state index contributed by atoms with van der Waals surface area (Å²) in [6.45, 7) is -0.199. The third kappa shape index (κ3) is 5.54. The van der Waals surface area contributed by atoms with E-state index in [-0.39, 0.29) is 17.9 Å². The molecule has 0 spiro atoms. The van der Waals surface area contributed by atoms with Crippen molar-refractivity contribution < 1.29 is 27.1 Å². The van der Waals surface area contributed by atoms with Crippen LogP contribution in [0.25, 0.3) is 11.3 Å². The largest absolute Gasteiger partial charge is 0.490 e. The van der Waals surface area contributed by atoms with Gasteiger partial charge in [0.25, 0.3) is 0 Å². The van der Waals surface area contributed by atoms with Crippen molar-refractivity contribution in [1.82, 2.24) is 9.97 Å². The number of nitrogens with zero attached hydrogens (tertiary/aromatic N) is 3. The minimum absolute atomic E-state index is 0.158. The van der Waals surface area contributed by atoms with Crippen LogP contribution >= 0.6 is 0 Å². The summed E-state index contributed by atoms with van der Waals surface area (Å²) in [6.07, 6.45) is -5.16. The van der Waals surface area contributed by atoms with Gasteiger partial charge in [-0.3, -0.25) is 0 Å². The summed E-state index contributed by atoms with van der Waals surface area (Å²) in [5, 5.41) is 11.8. The fourth-order valence-electron chi connectivity index (χ4n) is 2.67. The highest BCUT2D eigenvalue weighted by Gasteiger charge is 2.42. The third-order valence-electron chi connectivity index (χ3n) is 4.17. The lowest BCUT2D eigenvalue weighted by Crippen LogP contribution is -2.29. The number of ether oxygens (including phenoxy) is 1. The zero-order valence-electron chi connectivity index (χ0n) is 15.7. The Hall–Kier alpha value is -4.00. The Kier molecular flexibility index (Phi) is 6.45. The maximum atomic E-state index is 13.5. The van der Waals surface area contributed by atoms with Crippen molar-refractivity contribution in [2.24, 2.45) is 0 Å². The van der Waals surface area contributed by atoms with Crippen LogP contribution in [-0.2, 0) is 9.53 Å². The van der Waals surface area contributed by atoms with Gasteiger partial charge in [-0.15, -0.1) is 0 Å². The van der Waals surface area contributed by atoms with Crippen LogP contribution in [0.3, 0.4) is 0 Å². The number of anilines is 1. The van der Waals surface area contributed by atoms with Gasteiger partial charge < -0.3 is 10.1 Å². The van der Waals surface area contributed by atoms with Crippen LogP contribution in [0, 0.1) is 17.1 Å². The lowest BCUT2D eigenvalue weighted by atomic mass is 10.1. The molecule has 0 fully saturated rings. The zero-order valence-corrected chi connectivity index (χ0v) is 15.7. The van der Waals surface area contributed by atoms with E-state index in [0.29, 0.717) is 16.8 Å². The highest BCUT2D eigenvalue weighted by Crippen LogP contribution is 2.25. The molecule has 3 rings (SSSR count). The molecule has 0 aliphatic rings. The molecule has 3 aromatic rings. The summed E-state index contributed by atoms with van der Waals surface area (Å²) in [7, 11) is 0. The number of carbonyl (C=O) groups is 1. The molecule has 1 atom stereocenters. The molecule has 1 heterocycles. The van der Waals surface area contributed by atoms with Crippen molar-refractivity contribution >= 4 is 11.8 Å². The predicted octanol–water partition coefficient (Wildman–Crippen LogP) is 4.41. The second-order valence-corrected chi connectivity index (χ2v) is 6.28. The molecule has 0 bridgehead atoms. The molecule has 1 aromatic heterocycles. The summed E-state index contributed by atoms with van der Waals surface area (Å²) in [5.41, 5.74) is 1.01. The lowest BCUT2D eigenvalue weighted by Gasteiger charge is -2.20. The van der Waals surface area contributed by atoms with Gasteiger partial charge >= 0.3 is 12.1 Å². The molecule has 0 saturated carbocycles. The first-order valence-electron chi connectivity index (χ1n) is 8.86. The Bertz CT molecular complexity index is 1110. The van der Waals surface area contributed by atoms with Gasteiger partial charge in [-0.1, -0.05) is 30.3 Å². The van der Waals surface area contributed by atoms with Gasteiger partial charge in [0.15, 0.2) is 0 Å². The quantitative estimate of drug-likeness (QED) is 0.460. The molecule has 158 valence electrons. The highest BCUT2D eigenvalue weighted by atomic mass is 19.4. The topological polar surface area (TPSA) is 87.9 Å². The van der Waals surface area contributed by atoms with Crippen LogP contribution in [0.15, 0.2) is 60.9 Å². The molecule has 10 heteroatoms. The normalized spacial score (nSPS) is 12.0. The Morgan fingerprint density at radius 2 is 1.87 bits per heavy atom. The number of alkyl halides is 3. The molecule has 0 aliphatic carbocycles. The zero-order chi connectivity index (χ0) is 22.4. The van der Waals surface area contributed by atoms with E-state index >= 15 is 0 Å². The molecular weight excluding hydrogens is 416 g/mol. The smallest absolute Gasteiger partial charge is 0.449 e. The van der Waals surface area contributed by atoms with Crippen molar-refractivity contribution in [1.29, 1.82) is 5.26 Å². The van der Waals surface area contributed by atoms with E-state index < -0.39 is 24.1 Å². The number of nitrogens with one attached hydrogen (secondary N) is 1. The van der Waals surface area contributed by atoms with E-state index in [0.717, 1.165) is 6.07 Å². The number of halogens is 4. The average Bonchev–Trinajstić information content (AvgIpc) is 2.77. The van der Waals surface area contributed by atoms with Crippen LogP contribution in [0.2, 0.25) is 0 Å². The van der Waals surface area contributed by atoms with Crippen LogP contribution in [0.4, 0.5) is 23.4 Å². The maximum Gasteiger partial charge on any atom is 0.490 e. The number of aromatic nitrogens is 2. The van der Waals surface area contributed by atoms with E-state index in [1.165, 1.54) is 36.7 Å². The number of esters is 1. The molecule has 0 saturated heterocycles. The molecule has 0 radical (unpaired) electrons. The van der Waals surface area contributed by atoms with Gasteiger partial charge in [-0.05, 0) is 23.8 Å². The second-order valence-electron chi connectivity index (χ2n) is 6.28. The first-order chi connectivity index (χ1) is 14.8. The number of hydrogen-bond acceptors (Lipinski definition) is 6. The Morgan fingerprint density at radius 3 is 2.55 bits per heavy atom. The van der Waals surface area contributed by atoms with E-state index in [1.807, 2.05) is 0 Å². The fourth-order valence-corrected chi connectivity index (χ4v) is 2.67. The van der Waals surface area contributed by atoms with Gasteiger partial charge in [0.1, 0.15) is 30.1 Å². The molecule has 1 N–H and O–H groups in total. The first kappa shape index (κ1) is 21.7. The Balaban J connectivity index is 1.80. The molecular formula is C21H14F4N4O2. The van der Waals surface area contributed by atoms with Gasteiger partial charge in [-0.25, -0.2) is 19.2 Å². The number of hydrogen-bond donors (Lipinski definition) is 1. The van der Waals surface area contributed by atoms with Gasteiger partial charge in [0.2, 0.25) is 0 Å². The summed E-state index contributed by atoms with van der Waals surface area (Å²) < 4.78 is 56.1. The number of benzene rings is 2. The SMILES string of the molecule is N#Cc1cc(-c2cc(NC[C@@H](OC(=O)C(F)(F)F)c3ccccc3)ncn2)ccc1F. The van der Waals surface area contributed by atoms with Crippen molar-refractivity contribution in [2.45, 2.75) is 12.3 Å². The molecule has 31 heavy (non-hydrogen) atoms. The fraction of sp³-hybridized carbons (Fsp3) is 0.143. The van der Waals surface area contributed by atoms with E-state index in [1.54, 1.807) is 24.3 Å². The monoisotopic (exact) mass is 430 g/mol. The standard InChI is InChI=1S/C21H14F4N4O2/c22-16-7-6-14(8-15(16)10-26)17-9-19(29-12-28-17)27-11-18(13-4-2-1-3-5-13)31-20(30)21(23,24)25/h1-9,12,18H,11H2,(H,27,28,29)/t18-/m1/s1. The third-order valence-corrected chi connectivity index (χ3v) is 4.17. The summed E-state index contributed by atoms with van der Waals surface area (Å²) in [4.78, 5) is 19.4. The van der Waals surface area contributed by atoms with Crippen LogP contribution in [-0.4, -0.2) is 28.7 Å². The van der Waals surface area contributed by atoms with Gasteiger partial charge in [0.05, 0.1) is 17.8 Å². The minimum Gasteiger partial charge on any atom is -0.449 e. The Labute approximate surface area is 174 Å². The van der Waals surface area contributed by atoms with Crippen LogP contribution in [0.5, 0.6) is 0 Å². The maximum absolute atomic E-state index is 13.5. The Morgan fingerprint density at radius 1 is 1.13 bits per heavy atom. The molecule has 6 nitrogen and oxygen atoms in total. The van der Waals surface area contributed by atoms with Gasteiger partial charge in [0, 0.05) is 11.6 Å². The second kappa shape index (κ2) is 9.21.